The maximum absolute atomic E-state index is 10.6. The van der Waals surface area contributed by atoms with Crippen molar-refractivity contribution in [2.24, 2.45) is 5.73 Å². The summed E-state index contributed by atoms with van der Waals surface area (Å²) in [7, 11) is 0. The van der Waals surface area contributed by atoms with Crippen LogP contribution in [0.3, 0.4) is 0 Å². The highest BCUT2D eigenvalue weighted by Crippen LogP contribution is 2.26. The van der Waals surface area contributed by atoms with Gasteiger partial charge < -0.3 is 10.7 Å². The van der Waals surface area contributed by atoms with Crippen molar-refractivity contribution < 1.29 is 4.92 Å². The third-order valence-corrected chi connectivity index (χ3v) is 3.31. The van der Waals surface area contributed by atoms with Crippen molar-refractivity contribution in [1.29, 1.82) is 0 Å². The van der Waals surface area contributed by atoms with Crippen LogP contribution < -0.4 is 5.73 Å². The zero-order valence-corrected chi connectivity index (χ0v) is 10.7. The number of rotatable bonds is 3. The summed E-state index contributed by atoms with van der Waals surface area (Å²) in [6.45, 7) is 0.508. The normalized spacial score (nSPS) is 10.8. The number of nitrogens with two attached hydrogens (primary N) is 1. The van der Waals surface area contributed by atoms with Gasteiger partial charge in [0.05, 0.1) is 4.92 Å². The van der Waals surface area contributed by atoms with E-state index in [4.69, 9.17) is 5.73 Å². The van der Waals surface area contributed by atoms with Crippen LogP contribution in [0.4, 0.5) is 5.69 Å². The van der Waals surface area contributed by atoms with Crippen molar-refractivity contribution >= 4 is 16.6 Å². The number of H-pyrrole nitrogens is 1. The Hall–Kier alpha value is -2.66. The number of nitrogens with one attached hydrogen (secondary N) is 1. The summed E-state index contributed by atoms with van der Waals surface area (Å²) < 4.78 is 0. The first-order valence-corrected chi connectivity index (χ1v) is 6.24. The van der Waals surface area contributed by atoms with Gasteiger partial charge in [-0.05, 0) is 41.5 Å². The van der Waals surface area contributed by atoms with E-state index >= 15 is 0 Å². The molecule has 0 aliphatic heterocycles. The van der Waals surface area contributed by atoms with Crippen LogP contribution in [0, 0.1) is 10.1 Å². The molecule has 5 nitrogen and oxygen atoms in total. The number of hydrogen-bond donors (Lipinski definition) is 2. The highest BCUT2D eigenvalue weighted by Gasteiger charge is 2.07. The van der Waals surface area contributed by atoms with Crippen molar-refractivity contribution in [2.75, 3.05) is 0 Å². The van der Waals surface area contributed by atoms with E-state index in [1.165, 1.54) is 12.1 Å². The molecule has 0 spiro atoms. The maximum atomic E-state index is 10.6. The molecule has 0 bridgehead atoms. The molecule has 0 unspecified atom stereocenters. The molecule has 3 rings (SSSR count). The van der Waals surface area contributed by atoms with Gasteiger partial charge in [0.1, 0.15) is 0 Å². The van der Waals surface area contributed by atoms with Gasteiger partial charge >= 0.3 is 0 Å². The van der Waals surface area contributed by atoms with Gasteiger partial charge in [-0.1, -0.05) is 6.07 Å². The van der Waals surface area contributed by atoms with E-state index in [-0.39, 0.29) is 5.69 Å². The zero-order valence-electron chi connectivity index (χ0n) is 10.7. The van der Waals surface area contributed by atoms with Crippen LogP contribution in [0.1, 0.15) is 5.56 Å². The lowest BCUT2D eigenvalue weighted by molar-refractivity contribution is -0.384. The molecule has 100 valence electrons. The van der Waals surface area contributed by atoms with Gasteiger partial charge in [-0.15, -0.1) is 0 Å². The van der Waals surface area contributed by atoms with Gasteiger partial charge in [0.2, 0.25) is 0 Å². The van der Waals surface area contributed by atoms with Gasteiger partial charge in [-0.25, -0.2) is 0 Å². The van der Waals surface area contributed by atoms with Crippen molar-refractivity contribution in [3.05, 3.63) is 64.2 Å². The smallest absolute Gasteiger partial charge is 0.269 e. The lowest BCUT2D eigenvalue weighted by Crippen LogP contribution is -1.94. The Morgan fingerprint density at radius 3 is 2.50 bits per heavy atom. The second-order valence-corrected chi connectivity index (χ2v) is 4.61. The van der Waals surface area contributed by atoms with Crippen molar-refractivity contribution in [3.8, 4) is 11.3 Å². The predicted molar refractivity (Wildman–Crippen MR) is 78.3 cm³/mol. The molecular weight excluding hydrogens is 254 g/mol. The zero-order chi connectivity index (χ0) is 14.1. The Balaban J connectivity index is 2.03. The van der Waals surface area contributed by atoms with Gasteiger partial charge in [-0.3, -0.25) is 10.1 Å². The third kappa shape index (κ3) is 2.15. The number of fused-ring (bicyclic) bond motifs is 1. The van der Waals surface area contributed by atoms with E-state index in [2.05, 4.69) is 4.98 Å². The number of hydrogen-bond acceptors (Lipinski definition) is 3. The molecule has 3 aromatic rings. The SMILES string of the molecule is NCc1ccc2[nH]c(-c3ccc([N+](=O)[O-])cc3)cc2c1. The minimum atomic E-state index is -0.400. The van der Waals surface area contributed by atoms with Gasteiger partial charge in [0.15, 0.2) is 0 Å². The molecule has 0 fully saturated rings. The van der Waals surface area contributed by atoms with Gasteiger partial charge in [0, 0.05) is 35.3 Å². The van der Waals surface area contributed by atoms with Crippen LogP contribution in [0.2, 0.25) is 0 Å². The Bertz CT molecular complexity index is 775. The van der Waals surface area contributed by atoms with Crippen LogP contribution in [-0.4, -0.2) is 9.91 Å². The molecular formula is C15H13N3O2. The molecule has 20 heavy (non-hydrogen) atoms. The number of nitro benzene ring substituents is 1. The van der Waals surface area contributed by atoms with E-state index in [0.717, 1.165) is 27.7 Å². The first-order valence-electron chi connectivity index (χ1n) is 6.24. The summed E-state index contributed by atoms with van der Waals surface area (Å²) in [5.41, 5.74) is 9.67. The highest BCUT2D eigenvalue weighted by atomic mass is 16.6. The predicted octanol–water partition coefficient (Wildman–Crippen LogP) is 3.20. The quantitative estimate of drug-likeness (QED) is 0.564. The molecule has 0 aliphatic rings. The van der Waals surface area contributed by atoms with Crippen LogP contribution in [-0.2, 0) is 6.54 Å². The monoisotopic (exact) mass is 267 g/mol. The van der Waals surface area contributed by atoms with E-state index in [0.29, 0.717) is 6.54 Å². The fourth-order valence-electron chi connectivity index (χ4n) is 2.23. The average Bonchev–Trinajstić information content (AvgIpc) is 2.90. The van der Waals surface area contributed by atoms with E-state index in [9.17, 15) is 10.1 Å². The average molecular weight is 267 g/mol. The van der Waals surface area contributed by atoms with Crippen LogP contribution >= 0.6 is 0 Å². The van der Waals surface area contributed by atoms with Crippen LogP contribution in [0.25, 0.3) is 22.2 Å². The maximum Gasteiger partial charge on any atom is 0.269 e. The Labute approximate surface area is 115 Å². The molecule has 0 amide bonds. The molecule has 5 heteroatoms. The number of aromatic nitrogens is 1. The van der Waals surface area contributed by atoms with Crippen molar-refractivity contribution in [3.63, 3.8) is 0 Å². The van der Waals surface area contributed by atoms with Gasteiger partial charge in [0.25, 0.3) is 5.69 Å². The fraction of sp³-hybridized carbons (Fsp3) is 0.0667. The summed E-state index contributed by atoms with van der Waals surface area (Å²) in [5, 5.41) is 11.7. The summed E-state index contributed by atoms with van der Waals surface area (Å²) in [4.78, 5) is 13.5. The summed E-state index contributed by atoms with van der Waals surface area (Å²) in [5.74, 6) is 0. The number of benzene rings is 2. The number of nitrogens with zero attached hydrogens (tertiary/aromatic N) is 1. The van der Waals surface area contributed by atoms with Crippen molar-refractivity contribution in [1.82, 2.24) is 4.98 Å². The Kier molecular flexibility index (Phi) is 2.96. The lowest BCUT2D eigenvalue weighted by Gasteiger charge is -1.97. The highest BCUT2D eigenvalue weighted by molar-refractivity contribution is 5.86. The van der Waals surface area contributed by atoms with Crippen molar-refractivity contribution in [2.45, 2.75) is 6.54 Å². The molecule has 1 heterocycles. The Morgan fingerprint density at radius 1 is 1.10 bits per heavy atom. The molecule has 0 radical (unpaired) electrons. The lowest BCUT2D eigenvalue weighted by atomic mass is 10.1. The molecule has 0 saturated carbocycles. The summed E-state index contributed by atoms with van der Waals surface area (Å²) >= 11 is 0. The second kappa shape index (κ2) is 4.79. The van der Waals surface area contributed by atoms with E-state index < -0.39 is 4.92 Å². The topological polar surface area (TPSA) is 85.0 Å². The Morgan fingerprint density at radius 2 is 1.85 bits per heavy atom. The van der Waals surface area contributed by atoms with Gasteiger partial charge in [-0.2, -0.15) is 0 Å². The van der Waals surface area contributed by atoms with Crippen LogP contribution in [0.15, 0.2) is 48.5 Å². The molecule has 0 aliphatic carbocycles. The second-order valence-electron chi connectivity index (χ2n) is 4.61. The largest absolute Gasteiger partial charge is 0.355 e. The minimum absolute atomic E-state index is 0.0929. The number of non-ortho nitro benzene ring substituents is 1. The summed E-state index contributed by atoms with van der Waals surface area (Å²) in [6.07, 6.45) is 0. The van der Waals surface area contributed by atoms with E-state index in [1.807, 2.05) is 24.3 Å². The number of nitro groups is 1. The fourth-order valence-corrected chi connectivity index (χ4v) is 2.23. The summed E-state index contributed by atoms with van der Waals surface area (Å²) in [6, 6.07) is 14.5. The van der Waals surface area contributed by atoms with Crippen LogP contribution in [0.5, 0.6) is 0 Å². The molecule has 1 aromatic heterocycles. The van der Waals surface area contributed by atoms with E-state index in [1.54, 1.807) is 12.1 Å². The third-order valence-electron chi connectivity index (χ3n) is 3.31. The first-order chi connectivity index (χ1) is 9.67. The first kappa shape index (κ1) is 12.4. The molecule has 0 atom stereocenters. The molecule has 3 N–H and O–H groups in total. The molecule has 2 aromatic carbocycles. The molecule has 0 saturated heterocycles. The minimum Gasteiger partial charge on any atom is -0.355 e. The number of aromatic amines is 1. The standard InChI is InChI=1S/C15H13N3O2/c16-9-10-1-6-14-12(7-10)8-15(17-14)11-2-4-13(5-3-11)18(19)20/h1-8,17H,9,16H2.